The van der Waals surface area contributed by atoms with Crippen molar-refractivity contribution in [2.75, 3.05) is 6.61 Å². The van der Waals surface area contributed by atoms with Crippen molar-refractivity contribution in [3.63, 3.8) is 0 Å². The molecule has 0 spiro atoms. The number of ether oxygens (including phenoxy) is 2. The second-order valence-corrected chi connectivity index (χ2v) is 7.16. The highest BCUT2D eigenvalue weighted by atomic mass is 16.5. The number of carbonyl (C=O) groups excluding carboxylic acids is 1. The van der Waals surface area contributed by atoms with E-state index in [2.05, 4.69) is 31.2 Å². The van der Waals surface area contributed by atoms with Crippen molar-refractivity contribution in [1.82, 2.24) is 0 Å². The van der Waals surface area contributed by atoms with Gasteiger partial charge in [0.1, 0.15) is 5.75 Å². The Hall–Kier alpha value is -1.51. The van der Waals surface area contributed by atoms with E-state index in [1.807, 2.05) is 6.92 Å². The maximum absolute atomic E-state index is 11.8. The fourth-order valence-corrected chi connectivity index (χ4v) is 3.56. The largest absolute Gasteiger partial charge is 0.490 e. The van der Waals surface area contributed by atoms with Crippen LogP contribution in [-0.2, 0) is 16.0 Å². The standard InChI is InChI=1S/C22H34O3/c1-3-5-6-7-8-9-10-18-11-14-20(15-12-18)25-21-16-13-19(17-21)22(23)24-4-2/h11-12,14-15,19,21H,3-10,13,16-17H2,1-2H3. The molecule has 0 N–H and O–H groups in total. The number of benzene rings is 1. The molecule has 0 saturated heterocycles. The van der Waals surface area contributed by atoms with Crippen molar-refractivity contribution in [2.45, 2.75) is 84.2 Å². The van der Waals surface area contributed by atoms with Crippen LogP contribution >= 0.6 is 0 Å². The molecule has 1 saturated carbocycles. The summed E-state index contributed by atoms with van der Waals surface area (Å²) in [5.74, 6) is 0.862. The van der Waals surface area contributed by atoms with Crippen LogP contribution in [0.25, 0.3) is 0 Å². The molecule has 2 rings (SSSR count). The van der Waals surface area contributed by atoms with E-state index in [0.29, 0.717) is 6.61 Å². The van der Waals surface area contributed by atoms with Gasteiger partial charge in [0, 0.05) is 0 Å². The zero-order valence-electron chi connectivity index (χ0n) is 16.0. The van der Waals surface area contributed by atoms with E-state index in [9.17, 15) is 4.79 Å². The van der Waals surface area contributed by atoms with Crippen molar-refractivity contribution in [2.24, 2.45) is 5.92 Å². The van der Waals surface area contributed by atoms with E-state index >= 15 is 0 Å². The molecule has 2 atom stereocenters. The number of hydrogen-bond donors (Lipinski definition) is 0. The molecule has 1 aromatic rings. The minimum absolute atomic E-state index is 0.0110. The molecule has 0 radical (unpaired) electrons. The summed E-state index contributed by atoms with van der Waals surface area (Å²) in [4.78, 5) is 11.8. The summed E-state index contributed by atoms with van der Waals surface area (Å²) in [5.41, 5.74) is 1.39. The van der Waals surface area contributed by atoms with Gasteiger partial charge in [-0.05, 0) is 56.7 Å². The van der Waals surface area contributed by atoms with Gasteiger partial charge in [-0.15, -0.1) is 0 Å². The molecular formula is C22H34O3. The zero-order chi connectivity index (χ0) is 17.9. The van der Waals surface area contributed by atoms with Crippen molar-refractivity contribution in [1.29, 1.82) is 0 Å². The van der Waals surface area contributed by atoms with Crippen LogP contribution in [-0.4, -0.2) is 18.7 Å². The van der Waals surface area contributed by atoms with Crippen LogP contribution in [0.3, 0.4) is 0 Å². The van der Waals surface area contributed by atoms with Crippen molar-refractivity contribution < 1.29 is 14.3 Å². The van der Waals surface area contributed by atoms with Gasteiger partial charge < -0.3 is 9.47 Å². The summed E-state index contributed by atoms with van der Waals surface area (Å²) in [6.45, 7) is 4.57. The third kappa shape index (κ3) is 7.09. The van der Waals surface area contributed by atoms with E-state index in [1.54, 1.807) is 0 Å². The minimum atomic E-state index is -0.0668. The SMILES string of the molecule is CCCCCCCCc1ccc(OC2CCC(C(=O)OCC)C2)cc1. The Morgan fingerprint density at radius 3 is 2.44 bits per heavy atom. The maximum Gasteiger partial charge on any atom is 0.309 e. The third-order valence-electron chi connectivity index (χ3n) is 5.05. The van der Waals surface area contributed by atoms with Crippen LogP contribution in [0.5, 0.6) is 5.75 Å². The lowest BCUT2D eigenvalue weighted by Gasteiger charge is -2.14. The van der Waals surface area contributed by atoms with Gasteiger partial charge in [-0.1, -0.05) is 51.2 Å². The number of rotatable bonds is 11. The highest BCUT2D eigenvalue weighted by Crippen LogP contribution is 2.30. The van der Waals surface area contributed by atoms with E-state index in [-0.39, 0.29) is 18.0 Å². The molecule has 1 aromatic carbocycles. The summed E-state index contributed by atoms with van der Waals surface area (Å²) in [7, 11) is 0. The molecule has 2 unspecified atom stereocenters. The van der Waals surface area contributed by atoms with E-state index < -0.39 is 0 Å². The van der Waals surface area contributed by atoms with E-state index in [0.717, 1.165) is 31.4 Å². The molecule has 0 amide bonds. The first-order valence-electron chi connectivity index (χ1n) is 10.1. The summed E-state index contributed by atoms with van der Waals surface area (Å²) >= 11 is 0. The first-order valence-corrected chi connectivity index (χ1v) is 10.1. The molecule has 1 fully saturated rings. The lowest BCUT2D eigenvalue weighted by atomic mass is 10.0. The third-order valence-corrected chi connectivity index (χ3v) is 5.05. The summed E-state index contributed by atoms with van der Waals surface area (Å²) < 4.78 is 11.2. The number of carbonyl (C=O) groups is 1. The fraction of sp³-hybridized carbons (Fsp3) is 0.682. The number of aryl methyl sites for hydroxylation is 1. The van der Waals surface area contributed by atoms with Crippen molar-refractivity contribution >= 4 is 5.97 Å². The van der Waals surface area contributed by atoms with Crippen LogP contribution < -0.4 is 4.74 Å². The Bertz CT molecular complexity index is 494. The van der Waals surface area contributed by atoms with Crippen LogP contribution in [0.1, 0.15) is 77.2 Å². The van der Waals surface area contributed by atoms with Gasteiger partial charge in [-0.25, -0.2) is 0 Å². The van der Waals surface area contributed by atoms with Crippen LogP contribution in [0.15, 0.2) is 24.3 Å². The van der Waals surface area contributed by atoms with E-state index in [1.165, 1.54) is 44.1 Å². The fourth-order valence-electron chi connectivity index (χ4n) is 3.56. The molecule has 0 aromatic heterocycles. The van der Waals surface area contributed by atoms with Crippen LogP contribution in [0.2, 0.25) is 0 Å². The van der Waals surface area contributed by atoms with Gasteiger partial charge >= 0.3 is 5.97 Å². The molecule has 140 valence electrons. The van der Waals surface area contributed by atoms with Crippen molar-refractivity contribution in [3.05, 3.63) is 29.8 Å². The van der Waals surface area contributed by atoms with E-state index in [4.69, 9.17) is 9.47 Å². The highest BCUT2D eigenvalue weighted by molar-refractivity contribution is 5.72. The van der Waals surface area contributed by atoms with Gasteiger partial charge in [-0.3, -0.25) is 4.79 Å². The summed E-state index contributed by atoms with van der Waals surface area (Å²) in [5, 5.41) is 0. The van der Waals surface area contributed by atoms with Gasteiger partial charge in [0.25, 0.3) is 0 Å². The van der Waals surface area contributed by atoms with Gasteiger partial charge in [-0.2, -0.15) is 0 Å². The quantitative estimate of drug-likeness (QED) is 0.381. The van der Waals surface area contributed by atoms with Gasteiger partial charge in [0.2, 0.25) is 0 Å². The summed E-state index contributed by atoms with van der Waals surface area (Å²) in [6.07, 6.45) is 11.9. The molecule has 0 bridgehead atoms. The molecule has 3 nitrogen and oxygen atoms in total. The predicted molar refractivity (Wildman–Crippen MR) is 102 cm³/mol. The summed E-state index contributed by atoms with van der Waals surface area (Å²) in [6, 6.07) is 8.51. The molecular weight excluding hydrogens is 312 g/mol. The second kappa shape index (κ2) is 11.2. The zero-order valence-corrected chi connectivity index (χ0v) is 16.0. The number of esters is 1. The Morgan fingerprint density at radius 1 is 1.00 bits per heavy atom. The smallest absolute Gasteiger partial charge is 0.309 e. The maximum atomic E-state index is 11.8. The first-order chi connectivity index (χ1) is 12.2. The van der Waals surface area contributed by atoms with Gasteiger partial charge in [0.05, 0.1) is 18.6 Å². The molecule has 25 heavy (non-hydrogen) atoms. The molecule has 0 aliphatic heterocycles. The monoisotopic (exact) mass is 346 g/mol. The predicted octanol–water partition coefficient (Wildman–Crippen LogP) is 5.70. The van der Waals surface area contributed by atoms with Gasteiger partial charge in [0.15, 0.2) is 0 Å². The average molecular weight is 347 g/mol. The van der Waals surface area contributed by atoms with Crippen LogP contribution in [0.4, 0.5) is 0 Å². The number of hydrogen-bond acceptors (Lipinski definition) is 3. The van der Waals surface area contributed by atoms with Crippen LogP contribution in [0, 0.1) is 5.92 Å². The molecule has 3 heteroatoms. The number of unbranched alkanes of at least 4 members (excludes halogenated alkanes) is 5. The first kappa shape index (κ1) is 19.8. The Labute approximate surface area is 153 Å². The topological polar surface area (TPSA) is 35.5 Å². The Morgan fingerprint density at radius 2 is 1.72 bits per heavy atom. The normalized spacial score (nSPS) is 19.8. The Balaban J connectivity index is 1.67. The lowest BCUT2D eigenvalue weighted by Crippen LogP contribution is -2.18. The van der Waals surface area contributed by atoms with Crippen molar-refractivity contribution in [3.8, 4) is 5.75 Å². The second-order valence-electron chi connectivity index (χ2n) is 7.16. The molecule has 1 aliphatic carbocycles. The lowest BCUT2D eigenvalue weighted by molar-refractivity contribution is -0.147. The minimum Gasteiger partial charge on any atom is -0.490 e. The Kier molecular flexibility index (Phi) is 8.85. The molecule has 0 heterocycles. The molecule has 1 aliphatic rings. The average Bonchev–Trinajstić information content (AvgIpc) is 3.08. The highest BCUT2D eigenvalue weighted by Gasteiger charge is 2.32.